The SMILES string of the molecule is CCSCCCn1nc(CC)c(CNC(C)C)c1CC. The summed E-state index contributed by atoms with van der Waals surface area (Å²) in [6, 6.07) is 0.522. The fraction of sp³-hybridized carbons (Fsp3) is 0.812. The highest BCUT2D eigenvalue weighted by Gasteiger charge is 2.15. The van der Waals surface area contributed by atoms with Crippen LogP contribution in [0.5, 0.6) is 0 Å². The van der Waals surface area contributed by atoms with E-state index in [9.17, 15) is 0 Å². The number of aryl methyl sites for hydroxylation is 2. The Morgan fingerprint density at radius 3 is 2.50 bits per heavy atom. The summed E-state index contributed by atoms with van der Waals surface area (Å²) in [5.41, 5.74) is 4.14. The molecule has 4 heteroatoms. The van der Waals surface area contributed by atoms with Gasteiger partial charge < -0.3 is 5.32 Å². The molecule has 0 aromatic carbocycles. The zero-order valence-electron chi connectivity index (χ0n) is 13.8. The minimum atomic E-state index is 0.522. The van der Waals surface area contributed by atoms with Gasteiger partial charge in [-0.15, -0.1) is 0 Å². The van der Waals surface area contributed by atoms with Crippen molar-refractivity contribution >= 4 is 11.8 Å². The summed E-state index contributed by atoms with van der Waals surface area (Å²) in [4.78, 5) is 0. The molecule has 1 aromatic rings. The van der Waals surface area contributed by atoms with Gasteiger partial charge >= 0.3 is 0 Å². The summed E-state index contributed by atoms with van der Waals surface area (Å²) in [5.74, 6) is 2.45. The summed E-state index contributed by atoms with van der Waals surface area (Å²) in [5, 5.41) is 8.39. The van der Waals surface area contributed by atoms with Crippen molar-refractivity contribution in [1.82, 2.24) is 15.1 Å². The molecule has 0 fully saturated rings. The van der Waals surface area contributed by atoms with Crippen molar-refractivity contribution < 1.29 is 0 Å². The maximum Gasteiger partial charge on any atom is 0.0669 e. The Kier molecular flexibility index (Phi) is 8.31. The van der Waals surface area contributed by atoms with Gasteiger partial charge in [0, 0.05) is 30.4 Å². The van der Waals surface area contributed by atoms with E-state index in [1.165, 1.54) is 34.9 Å². The third-order valence-electron chi connectivity index (χ3n) is 3.47. The fourth-order valence-corrected chi connectivity index (χ4v) is 3.05. The largest absolute Gasteiger partial charge is 0.310 e. The molecular weight excluding hydrogens is 266 g/mol. The number of aromatic nitrogens is 2. The van der Waals surface area contributed by atoms with Crippen molar-refractivity contribution in [2.24, 2.45) is 0 Å². The topological polar surface area (TPSA) is 29.9 Å². The number of hydrogen-bond acceptors (Lipinski definition) is 3. The molecule has 1 N–H and O–H groups in total. The van der Waals surface area contributed by atoms with Crippen LogP contribution in [0.3, 0.4) is 0 Å². The summed E-state index contributed by atoms with van der Waals surface area (Å²) in [6.07, 6.45) is 3.31. The average molecular weight is 298 g/mol. The molecule has 116 valence electrons. The van der Waals surface area contributed by atoms with Gasteiger partial charge in [0.15, 0.2) is 0 Å². The molecule has 0 amide bonds. The molecule has 1 aromatic heterocycles. The van der Waals surface area contributed by atoms with E-state index in [0.717, 1.165) is 25.9 Å². The normalized spacial score (nSPS) is 11.5. The van der Waals surface area contributed by atoms with Crippen LogP contribution in [-0.2, 0) is 25.9 Å². The lowest BCUT2D eigenvalue weighted by Gasteiger charge is -2.11. The highest BCUT2D eigenvalue weighted by atomic mass is 32.2. The first-order valence-electron chi connectivity index (χ1n) is 8.02. The van der Waals surface area contributed by atoms with Gasteiger partial charge in [0.05, 0.1) is 5.69 Å². The Bertz CT molecular complexity index is 385. The van der Waals surface area contributed by atoms with Crippen molar-refractivity contribution in [3.8, 4) is 0 Å². The monoisotopic (exact) mass is 297 g/mol. The predicted molar refractivity (Wildman–Crippen MR) is 90.6 cm³/mol. The van der Waals surface area contributed by atoms with Crippen molar-refractivity contribution in [2.75, 3.05) is 11.5 Å². The lowest BCUT2D eigenvalue weighted by Crippen LogP contribution is -2.23. The molecule has 0 unspecified atom stereocenters. The van der Waals surface area contributed by atoms with E-state index in [4.69, 9.17) is 5.10 Å². The van der Waals surface area contributed by atoms with E-state index in [-0.39, 0.29) is 0 Å². The van der Waals surface area contributed by atoms with Gasteiger partial charge in [-0.2, -0.15) is 16.9 Å². The van der Waals surface area contributed by atoms with Crippen LogP contribution in [0.25, 0.3) is 0 Å². The molecule has 0 aliphatic rings. The third-order valence-corrected chi connectivity index (χ3v) is 4.45. The summed E-state index contributed by atoms with van der Waals surface area (Å²) < 4.78 is 2.26. The quantitative estimate of drug-likeness (QED) is 0.669. The minimum Gasteiger partial charge on any atom is -0.310 e. The molecule has 3 nitrogen and oxygen atoms in total. The van der Waals surface area contributed by atoms with Gasteiger partial charge in [-0.25, -0.2) is 0 Å². The zero-order chi connectivity index (χ0) is 15.0. The molecule has 1 heterocycles. The maximum absolute atomic E-state index is 4.84. The molecule has 0 spiro atoms. The number of nitrogens with one attached hydrogen (secondary N) is 1. The first-order valence-corrected chi connectivity index (χ1v) is 9.17. The Balaban J connectivity index is 2.78. The maximum atomic E-state index is 4.84. The van der Waals surface area contributed by atoms with Crippen LogP contribution in [0.1, 0.15) is 58.0 Å². The van der Waals surface area contributed by atoms with Crippen LogP contribution in [0, 0.1) is 0 Å². The Morgan fingerprint density at radius 1 is 1.20 bits per heavy atom. The van der Waals surface area contributed by atoms with Gasteiger partial charge in [-0.3, -0.25) is 4.68 Å². The summed E-state index contributed by atoms with van der Waals surface area (Å²) in [7, 11) is 0. The molecular formula is C16H31N3S. The number of nitrogens with zero attached hydrogens (tertiary/aromatic N) is 2. The first kappa shape index (κ1) is 17.6. The number of rotatable bonds is 10. The molecule has 0 saturated heterocycles. The van der Waals surface area contributed by atoms with Crippen LogP contribution in [0.15, 0.2) is 0 Å². The van der Waals surface area contributed by atoms with Crippen molar-refractivity contribution in [3.05, 3.63) is 17.0 Å². The van der Waals surface area contributed by atoms with E-state index in [1.54, 1.807) is 0 Å². The van der Waals surface area contributed by atoms with Gasteiger partial charge in [-0.1, -0.05) is 34.6 Å². The molecule has 0 radical (unpaired) electrons. The van der Waals surface area contributed by atoms with E-state index in [1.807, 2.05) is 11.8 Å². The molecule has 1 rings (SSSR count). The smallest absolute Gasteiger partial charge is 0.0669 e. The number of hydrogen-bond donors (Lipinski definition) is 1. The second kappa shape index (κ2) is 9.46. The van der Waals surface area contributed by atoms with E-state index in [2.05, 4.69) is 44.6 Å². The van der Waals surface area contributed by atoms with Crippen LogP contribution in [-0.4, -0.2) is 27.3 Å². The Morgan fingerprint density at radius 2 is 1.95 bits per heavy atom. The molecule has 20 heavy (non-hydrogen) atoms. The van der Waals surface area contributed by atoms with Gasteiger partial charge in [0.1, 0.15) is 0 Å². The Labute approximate surface area is 128 Å². The molecule has 0 bridgehead atoms. The lowest BCUT2D eigenvalue weighted by atomic mass is 10.1. The third kappa shape index (κ3) is 5.13. The van der Waals surface area contributed by atoms with E-state index >= 15 is 0 Å². The van der Waals surface area contributed by atoms with Crippen molar-refractivity contribution in [2.45, 2.75) is 73.0 Å². The zero-order valence-corrected chi connectivity index (χ0v) is 14.6. The predicted octanol–water partition coefficient (Wildman–Crippen LogP) is 3.65. The molecule has 0 aliphatic heterocycles. The van der Waals surface area contributed by atoms with Gasteiger partial charge in [0.2, 0.25) is 0 Å². The van der Waals surface area contributed by atoms with E-state index < -0.39 is 0 Å². The summed E-state index contributed by atoms with van der Waals surface area (Å²) in [6.45, 7) is 13.1. The van der Waals surface area contributed by atoms with Crippen LogP contribution in [0.2, 0.25) is 0 Å². The van der Waals surface area contributed by atoms with Crippen LogP contribution >= 0.6 is 11.8 Å². The standard InChI is InChI=1S/C16H31N3S/c1-6-15-14(12-17-13(4)5)16(7-2)19(18-15)10-9-11-20-8-3/h13,17H,6-12H2,1-5H3. The van der Waals surface area contributed by atoms with Crippen molar-refractivity contribution in [1.29, 1.82) is 0 Å². The second-order valence-corrected chi connectivity index (χ2v) is 6.78. The average Bonchev–Trinajstić information content (AvgIpc) is 2.78. The van der Waals surface area contributed by atoms with Crippen molar-refractivity contribution in [3.63, 3.8) is 0 Å². The molecule has 0 atom stereocenters. The van der Waals surface area contributed by atoms with E-state index in [0.29, 0.717) is 6.04 Å². The molecule has 0 saturated carbocycles. The minimum absolute atomic E-state index is 0.522. The highest BCUT2D eigenvalue weighted by Crippen LogP contribution is 2.17. The second-order valence-electron chi connectivity index (χ2n) is 5.39. The van der Waals surface area contributed by atoms with Crippen LogP contribution in [0.4, 0.5) is 0 Å². The highest BCUT2D eigenvalue weighted by molar-refractivity contribution is 7.99. The van der Waals surface area contributed by atoms with Crippen LogP contribution < -0.4 is 5.32 Å². The first-order chi connectivity index (χ1) is 9.63. The number of thioether (sulfide) groups is 1. The lowest BCUT2D eigenvalue weighted by molar-refractivity contribution is 0.566. The Hall–Kier alpha value is -0.480. The van der Waals surface area contributed by atoms with Gasteiger partial charge in [-0.05, 0) is 30.8 Å². The molecule has 0 aliphatic carbocycles. The fourth-order valence-electron chi connectivity index (χ4n) is 2.42. The summed E-state index contributed by atoms with van der Waals surface area (Å²) >= 11 is 2.02. The van der Waals surface area contributed by atoms with Gasteiger partial charge in [0.25, 0.3) is 0 Å².